The van der Waals surface area contributed by atoms with E-state index in [1.807, 2.05) is 0 Å². The van der Waals surface area contributed by atoms with E-state index in [9.17, 15) is 13.6 Å². The number of anilines is 2. The van der Waals surface area contributed by atoms with Gasteiger partial charge in [-0.15, -0.1) is 11.3 Å². The van der Waals surface area contributed by atoms with Crippen LogP contribution in [0.1, 0.15) is 17.3 Å². The van der Waals surface area contributed by atoms with Crippen molar-refractivity contribution >= 4 is 39.0 Å². The standard InChI is InChI=1S/C15H11F2N3O2S/c1-2-22-15(21)8-6-23-14-11(8)13(18-7-19-14)20-12-9(16)4-3-5-10(12)17/h3-7H,2H2,1H3,(H,18,19,20). The van der Waals surface area contributed by atoms with Gasteiger partial charge in [0.05, 0.1) is 17.6 Å². The van der Waals surface area contributed by atoms with Crippen LogP contribution in [0.15, 0.2) is 29.9 Å². The molecule has 0 radical (unpaired) electrons. The van der Waals surface area contributed by atoms with Crippen LogP contribution in [0, 0.1) is 11.6 Å². The average molecular weight is 335 g/mol. The van der Waals surface area contributed by atoms with Crippen molar-refractivity contribution in [2.75, 3.05) is 11.9 Å². The Kier molecular flexibility index (Phi) is 4.16. The van der Waals surface area contributed by atoms with E-state index in [1.54, 1.807) is 12.3 Å². The Labute approximate surface area is 134 Å². The minimum absolute atomic E-state index is 0.142. The number of aromatic nitrogens is 2. The van der Waals surface area contributed by atoms with Crippen LogP contribution in [-0.4, -0.2) is 22.5 Å². The molecule has 118 valence electrons. The fourth-order valence-corrected chi connectivity index (χ4v) is 2.94. The van der Waals surface area contributed by atoms with Crippen LogP contribution in [0.2, 0.25) is 0 Å². The molecule has 0 saturated carbocycles. The number of nitrogens with zero attached hydrogens (tertiary/aromatic N) is 2. The number of hydrogen-bond acceptors (Lipinski definition) is 6. The highest BCUT2D eigenvalue weighted by Crippen LogP contribution is 2.32. The molecule has 0 spiro atoms. The van der Waals surface area contributed by atoms with Crippen LogP contribution in [0.5, 0.6) is 0 Å². The molecule has 0 fully saturated rings. The molecule has 0 saturated heterocycles. The maximum atomic E-state index is 13.8. The zero-order chi connectivity index (χ0) is 16.4. The molecule has 0 bridgehead atoms. The van der Waals surface area contributed by atoms with Gasteiger partial charge in [0.1, 0.15) is 34.3 Å². The third-order valence-electron chi connectivity index (χ3n) is 3.07. The van der Waals surface area contributed by atoms with E-state index in [4.69, 9.17) is 4.74 Å². The smallest absolute Gasteiger partial charge is 0.339 e. The molecule has 2 aromatic heterocycles. The number of benzene rings is 1. The predicted octanol–water partition coefficient (Wildman–Crippen LogP) is 3.89. The van der Waals surface area contributed by atoms with Gasteiger partial charge in [-0.25, -0.2) is 23.5 Å². The number of fused-ring (bicyclic) bond motifs is 1. The minimum Gasteiger partial charge on any atom is -0.462 e. The van der Waals surface area contributed by atoms with Crippen LogP contribution in [0.3, 0.4) is 0 Å². The number of carbonyl (C=O) groups excluding carboxylic acids is 1. The van der Waals surface area contributed by atoms with Crippen molar-refractivity contribution in [1.82, 2.24) is 9.97 Å². The molecular weight excluding hydrogens is 324 g/mol. The quantitative estimate of drug-likeness (QED) is 0.733. The summed E-state index contributed by atoms with van der Waals surface area (Å²) in [5.74, 6) is -1.91. The Morgan fingerprint density at radius 2 is 2.04 bits per heavy atom. The van der Waals surface area contributed by atoms with E-state index in [1.165, 1.54) is 23.7 Å². The van der Waals surface area contributed by atoms with Crippen molar-refractivity contribution in [2.24, 2.45) is 0 Å². The first-order valence-corrected chi connectivity index (χ1v) is 7.60. The van der Waals surface area contributed by atoms with Gasteiger partial charge in [-0.05, 0) is 19.1 Å². The van der Waals surface area contributed by atoms with Gasteiger partial charge in [0, 0.05) is 5.38 Å². The highest BCUT2D eigenvalue weighted by molar-refractivity contribution is 7.17. The summed E-state index contributed by atoms with van der Waals surface area (Å²) in [6.07, 6.45) is 1.26. The van der Waals surface area contributed by atoms with E-state index in [2.05, 4.69) is 15.3 Å². The molecule has 1 N–H and O–H groups in total. The van der Waals surface area contributed by atoms with Crippen molar-refractivity contribution < 1.29 is 18.3 Å². The molecule has 0 unspecified atom stereocenters. The van der Waals surface area contributed by atoms with Crippen LogP contribution < -0.4 is 5.32 Å². The lowest BCUT2D eigenvalue weighted by Gasteiger charge is -2.09. The fraction of sp³-hybridized carbons (Fsp3) is 0.133. The number of esters is 1. The van der Waals surface area contributed by atoms with Gasteiger partial charge in [-0.1, -0.05) is 6.07 Å². The lowest BCUT2D eigenvalue weighted by molar-refractivity contribution is 0.0529. The summed E-state index contributed by atoms with van der Waals surface area (Å²) in [6.45, 7) is 1.91. The monoisotopic (exact) mass is 335 g/mol. The number of ether oxygens (including phenoxy) is 1. The van der Waals surface area contributed by atoms with Crippen molar-refractivity contribution in [1.29, 1.82) is 0 Å². The number of nitrogens with one attached hydrogen (secondary N) is 1. The first kappa shape index (κ1) is 15.3. The number of thiophene rings is 1. The summed E-state index contributed by atoms with van der Waals surface area (Å²) in [6, 6.07) is 3.52. The first-order chi connectivity index (χ1) is 11.1. The predicted molar refractivity (Wildman–Crippen MR) is 83.0 cm³/mol. The second kappa shape index (κ2) is 6.25. The summed E-state index contributed by atoms with van der Waals surface area (Å²) in [7, 11) is 0. The van der Waals surface area contributed by atoms with Gasteiger partial charge < -0.3 is 10.1 Å². The molecule has 0 atom stereocenters. The highest BCUT2D eigenvalue weighted by atomic mass is 32.1. The molecule has 3 rings (SSSR count). The van der Waals surface area contributed by atoms with Crippen LogP contribution >= 0.6 is 11.3 Å². The van der Waals surface area contributed by atoms with Gasteiger partial charge in [0.2, 0.25) is 0 Å². The zero-order valence-electron chi connectivity index (χ0n) is 12.0. The summed E-state index contributed by atoms with van der Waals surface area (Å²) in [5, 5.41) is 4.56. The summed E-state index contributed by atoms with van der Waals surface area (Å²) in [5.41, 5.74) is -0.0831. The lowest BCUT2D eigenvalue weighted by Crippen LogP contribution is -2.06. The van der Waals surface area contributed by atoms with Crippen molar-refractivity contribution in [3.05, 3.63) is 47.1 Å². The van der Waals surface area contributed by atoms with Crippen molar-refractivity contribution in [3.8, 4) is 0 Å². The Morgan fingerprint density at radius 1 is 1.30 bits per heavy atom. The molecule has 0 amide bonds. The summed E-state index contributed by atoms with van der Waals surface area (Å²) in [4.78, 5) is 20.6. The maximum absolute atomic E-state index is 13.8. The van der Waals surface area contributed by atoms with Gasteiger partial charge >= 0.3 is 5.97 Å². The van der Waals surface area contributed by atoms with E-state index < -0.39 is 17.6 Å². The number of para-hydroxylation sites is 1. The number of halogens is 2. The second-order valence-electron chi connectivity index (χ2n) is 4.49. The van der Waals surface area contributed by atoms with E-state index in [-0.39, 0.29) is 23.7 Å². The number of rotatable bonds is 4. The normalized spacial score (nSPS) is 10.7. The SMILES string of the molecule is CCOC(=O)c1csc2ncnc(Nc3c(F)cccc3F)c12. The molecule has 0 aliphatic rings. The third kappa shape index (κ3) is 2.85. The molecular formula is C15H11F2N3O2S. The maximum Gasteiger partial charge on any atom is 0.339 e. The van der Waals surface area contributed by atoms with E-state index in [0.717, 1.165) is 12.1 Å². The van der Waals surface area contributed by atoms with Crippen LogP contribution in [0.4, 0.5) is 20.3 Å². The van der Waals surface area contributed by atoms with Gasteiger partial charge in [-0.3, -0.25) is 0 Å². The van der Waals surface area contributed by atoms with E-state index >= 15 is 0 Å². The van der Waals surface area contributed by atoms with Crippen molar-refractivity contribution in [2.45, 2.75) is 6.92 Å². The number of carbonyl (C=O) groups is 1. The molecule has 0 aliphatic heterocycles. The van der Waals surface area contributed by atoms with Gasteiger partial charge in [0.15, 0.2) is 0 Å². The van der Waals surface area contributed by atoms with Gasteiger partial charge in [0.25, 0.3) is 0 Å². The van der Waals surface area contributed by atoms with Crippen LogP contribution in [0.25, 0.3) is 10.2 Å². The molecule has 5 nitrogen and oxygen atoms in total. The van der Waals surface area contributed by atoms with Crippen LogP contribution in [-0.2, 0) is 4.74 Å². The molecule has 0 aliphatic carbocycles. The second-order valence-corrected chi connectivity index (χ2v) is 5.35. The summed E-state index contributed by atoms with van der Waals surface area (Å²) < 4.78 is 32.6. The average Bonchev–Trinajstić information content (AvgIpc) is 2.96. The minimum atomic E-state index is -0.760. The first-order valence-electron chi connectivity index (χ1n) is 6.72. The molecule has 2 heterocycles. The topological polar surface area (TPSA) is 64.1 Å². The Bertz CT molecular complexity index is 862. The lowest BCUT2D eigenvalue weighted by atomic mass is 10.2. The van der Waals surface area contributed by atoms with Gasteiger partial charge in [-0.2, -0.15) is 0 Å². The summed E-state index contributed by atoms with van der Waals surface area (Å²) >= 11 is 1.22. The highest BCUT2D eigenvalue weighted by Gasteiger charge is 2.19. The van der Waals surface area contributed by atoms with Crippen molar-refractivity contribution in [3.63, 3.8) is 0 Å². The van der Waals surface area contributed by atoms with E-state index in [0.29, 0.717) is 10.2 Å². The Hall–Kier alpha value is -2.61. The number of hydrogen-bond donors (Lipinski definition) is 1. The zero-order valence-corrected chi connectivity index (χ0v) is 12.8. The molecule has 3 aromatic rings. The third-order valence-corrected chi connectivity index (χ3v) is 3.96. The molecule has 23 heavy (non-hydrogen) atoms. The fourth-order valence-electron chi connectivity index (χ4n) is 2.06. The molecule has 8 heteroatoms. The molecule has 1 aromatic carbocycles. The Balaban J connectivity index is 2.11. The largest absolute Gasteiger partial charge is 0.462 e. The Morgan fingerprint density at radius 3 is 2.74 bits per heavy atom.